The van der Waals surface area contributed by atoms with Crippen molar-refractivity contribution in [3.05, 3.63) is 30.0 Å². The Hall–Kier alpha value is -2.01. The molecule has 0 unspecified atom stereocenters. The molecule has 0 bridgehead atoms. The topological polar surface area (TPSA) is 76.0 Å². The Kier molecular flexibility index (Phi) is 3.48. The summed E-state index contributed by atoms with van der Waals surface area (Å²) in [7, 11) is 1.66. The summed E-state index contributed by atoms with van der Waals surface area (Å²) < 4.78 is 5.41. The Morgan fingerprint density at radius 3 is 2.58 bits per heavy atom. The molecule has 5 heteroatoms. The summed E-state index contributed by atoms with van der Waals surface area (Å²) in [5.74, 6) is 6.67. The van der Waals surface area contributed by atoms with Crippen LogP contribution in [0, 0.1) is 0 Å². The van der Waals surface area contributed by atoms with Crippen LogP contribution in [0.25, 0.3) is 11.3 Å². The fraction of sp³-hybridized carbons (Fsp3) is 0.357. The summed E-state index contributed by atoms with van der Waals surface area (Å²) in [6, 6.07) is 6.18. The van der Waals surface area contributed by atoms with Crippen LogP contribution in [0.15, 0.2) is 24.4 Å². The van der Waals surface area contributed by atoms with E-state index >= 15 is 0 Å². The number of ether oxygens (including phenoxy) is 1. The minimum atomic E-state index is 0.0794. The largest absolute Gasteiger partial charge is 0.496 e. The number of nitrogen functional groups attached to an aromatic ring is 1. The maximum atomic E-state index is 5.41. The molecule has 0 atom stereocenters. The van der Waals surface area contributed by atoms with Crippen LogP contribution >= 0.6 is 0 Å². The highest BCUT2D eigenvalue weighted by Gasteiger charge is 2.17. The van der Waals surface area contributed by atoms with E-state index in [4.69, 9.17) is 10.6 Å². The molecule has 0 aliphatic carbocycles. The first-order valence-corrected chi connectivity index (χ1v) is 6.16. The maximum Gasteiger partial charge on any atom is 0.215 e. The van der Waals surface area contributed by atoms with Gasteiger partial charge >= 0.3 is 0 Å². The number of H-pyrrole nitrogens is 1. The number of nitrogens with one attached hydrogen (secondary N) is 2. The first-order chi connectivity index (χ1) is 8.95. The Balaban J connectivity index is 2.53. The van der Waals surface area contributed by atoms with E-state index in [9.17, 15) is 0 Å². The molecule has 0 saturated heterocycles. The number of nitrogens with zero attached hydrogens (tertiary/aromatic N) is 1. The molecule has 1 aromatic heterocycles. The summed E-state index contributed by atoms with van der Waals surface area (Å²) >= 11 is 0. The molecule has 0 fully saturated rings. The number of hydrazine groups is 1. The highest BCUT2D eigenvalue weighted by molar-refractivity contribution is 5.69. The smallest absolute Gasteiger partial charge is 0.215 e. The number of nitrogens with two attached hydrogens (primary N) is 1. The number of hydrogen-bond acceptors (Lipinski definition) is 4. The Labute approximate surface area is 113 Å². The lowest BCUT2D eigenvalue weighted by molar-refractivity contribution is 0.415. The fourth-order valence-corrected chi connectivity index (χ4v) is 1.92. The third-order valence-corrected chi connectivity index (χ3v) is 3.07. The predicted molar refractivity (Wildman–Crippen MR) is 77.1 cm³/mol. The summed E-state index contributed by atoms with van der Waals surface area (Å²) in [6.45, 7) is 6.54. The number of aromatic amines is 1. The van der Waals surface area contributed by atoms with Crippen molar-refractivity contribution in [2.24, 2.45) is 5.84 Å². The fourth-order valence-electron chi connectivity index (χ4n) is 1.92. The van der Waals surface area contributed by atoms with Gasteiger partial charge in [0.1, 0.15) is 5.75 Å². The number of anilines is 1. The van der Waals surface area contributed by atoms with Gasteiger partial charge in [0.05, 0.1) is 19.0 Å². The highest BCUT2D eigenvalue weighted by atomic mass is 16.5. The van der Waals surface area contributed by atoms with E-state index in [0.29, 0.717) is 5.95 Å². The molecule has 2 rings (SSSR count). The molecular weight excluding hydrogens is 240 g/mol. The number of aromatic nitrogens is 2. The number of methoxy groups -OCH3 is 1. The van der Waals surface area contributed by atoms with E-state index < -0.39 is 0 Å². The molecule has 102 valence electrons. The Morgan fingerprint density at radius 2 is 2.05 bits per heavy atom. The standard InChI is InChI=1S/C14H20N4O/c1-14(2,3)9-5-6-12(19-4)10(7-9)11-8-16-13(17-11)18-15/h5-8H,15H2,1-4H3,(H2,16,17,18). The van der Waals surface area contributed by atoms with E-state index in [2.05, 4.69) is 48.3 Å². The van der Waals surface area contributed by atoms with Crippen LogP contribution in [-0.4, -0.2) is 17.1 Å². The number of rotatable bonds is 3. The zero-order valence-corrected chi connectivity index (χ0v) is 11.7. The molecule has 5 nitrogen and oxygen atoms in total. The van der Waals surface area contributed by atoms with Gasteiger partial charge in [-0.2, -0.15) is 0 Å². The molecule has 0 radical (unpaired) electrons. The van der Waals surface area contributed by atoms with Crippen molar-refractivity contribution in [3.8, 4) is 17.0 Å². The van der Waals surface area contributed by atoms with E-state index in [1.165, 1.54) is 5.56 Å². The molecule has 4 N–H and O–H groups in total. The number of benzene rings is 1. The molecule has 0 saturated carbocycles. The quantitative estimate of drug-likeness (QED) is 0.586. The van der Waals surface area contributed by atoms with Crippen LogP contribution in [0.2, 0.25) is 0 Å². The van der Waals surface area contributed by atoms with Crippen LogP contribution in [0.1, 0.15) is 26.3 Å². The van der Waals surface area contributed by atoms with Crippen LogP contribution in [0.5, 0.6) is 5.75 Å². The van der Waals surface area contributed by atoms with Gasteiger partial charge in [-0.1, -0.05) is 26.8 Å². The van der Waals surface area contributed by atoms with Crippen molar-refractivity contribution in [2.45, 2.75) is 26.2 Å². The lowest BCUT2D eigenvalue weighted by Crippen LogP contribution is -2.11. The second-order valence-electron chi connectivity index (χ2n) is 5.45. The number of imidazole rings is 1. The van der Waals surface area contributed by atoms with Crippen LogP contribution in [0.3, 0.4) is 0 Å². The molecular formula is C14H20N4O. The van der Waals surface area contributed by atoms with Gasteiger partial charge in [0, 0.05) is 5.56 Å². The van der Waals surface area contributed by atoms with Gasteiger partial charge in [-0.3, -0.25) is 5.43 Å². The predicted octanol–water partition coefficient (Wildman–Crippen LogP) is 2.67. The van der Waals surface area contributed by atoms with Gasteiger partial charge in [0.2, 0.25) is 5.95 Å². The normalized spacial score (nSPS) is 11.4. The average molecular weight is 260 g/mol. The molecule has 0 aliphatic heterocycles. The second kappa shape index (κ2) is 4.93. The van der Waals surface area contributed by atoms with Crippen molar-refractivity contribution in [1.82, 2.24) is 9.97 Å². The molecule has 19 heavy (non-hydrogen) atoms. The van der Waals surface area contributed by atoms with E-state index in [1.807, 2.05) is 6.07 Å². The maximum absolute atomic E-state index is 5.41. The van der Waals surface area contributed by atoms with Crippen molar-refractivity contribution in [3.63, 3.8) is 0 Å². The lowest BCUT2D eigenvalue weighted by Gasteiger charge is -2.20. The monoisotopic (exact) mass is 260 g/mol. The molecule has 1 aromatic carbocycles. The molecule has 0 aliphatic rings. The minimum Gasteiger partial charge on any atom is -0.496 e. The van der Waals surface area contributed by atoms with Crippen LogP contribution < -0.4 is 16.0 Å². The molecule has 0 spiro atoms. The second-order valence-corrected chi connectivity index (χ2v) is 5.45. The number of hydrogen-bond donors (Lipinski definition) is 3. The van der Waals surface area contributed by atoms with Gasteiger partial charge in [0.15, 0.2) is 0 Å². The highest BCUT2D eigenvalue weighted by Crippen LogP contribution is 2.34. The van der Waals surface area contributed by atoms with Crippen LogP contribution in [-0.2, 0) is 5.41 Å². The zero-order chi connectivity index (χ0) is 14.0. The first-order valence-electron chi connectivity index (χ1n) is 6.16. The summed E-state index contributed by atoms with van der Waals surface area (Å²) in [4.78, 5) is 7.24. The Bertz CT molecular complexity index is 569. The summed E-state index contributed by atoms with van der Waals surface area (Å²) in [5.41, 5.74) is 5.65. The molecule has 2 aromatic rings. The van der Waals surface area contributed by atoms with Crippen molar-refractivity contribution in [2.75, 3.05) is 12.5 Å². The van der Waals surface area contributed by atoms with Crippen molar-refractivity contribution < 1.29 is 4.74 Å². The molecule has 1 heterocycles. The summed E-state index contributed by atoms with van der Waals surface area (Å²) in [5, 5.41) is 0. The average Bonchev–Trinajstić information content (AvgIpc) is 2.85. The summed E-state index contributed by atoms with van der Waals surface area (Å²) in [6.07, 6.45) is 1.74. The third kappa shape index (κ3) is 2.71. The third-order valence-electron chi connectivity index (χ3n) is 3.07. The zero-order valence-electron chi connectivity index (χ0n) is 11.7. The van der Waals surface area contributed by atoms with E-state index in [-0.39, 0.29) is 5.41 Å². The lowest BCUT2D eigenvalue weighted by atomic mass is 9.86. The first kappa shape index (κ1) is 13.4. The van der Waals surface area contributed by atoms with Crippen molar-refractivity contribution in [1.29, 1.82) is 0 Å². The van der Waals surface area contributed by atoms with Crippen molar-refractivity contribution >= 4 is 5.95 Å². The van der Waals surface area contributed by atoms with E-state index in [0.717, 1.165) is 17.0 Å². The van der Waals surface area contributed by atoms with Gasteiger partial charge < -0.3 is 9.72 Å². The Morgan fingerprint density at radius 1 is 1.32 bits per heavy atom. The minimum absolute atomic E-state index is 0.0794. The van der Waals surface area contributed by atoms with Gasteiger partial charge in [0.25, 0.3) is 0 Å². The molecule has 0 amide bonds. The van der Waals surface area contributed by atoms with Gasteiger partial charge in [-0.25, -0.2) is 10.8 Å². The van der Waals surface area contributed by atoms with Gasteiger partial charge in [-0.15, -0.1) is 0 Å². The van der Waals surface area contributed by atoms with Crippen LogP contribution in [0.4, 0.5) is 5.95 Å². The SMILES string of the molecule is COc1ccc(C(C)(C)C)cc1-c1cnc(NN)[nH]1. The van der Waals surface area contributed by atoms with Gasteiger partial charge in [-0.05, 0) is 23.1 Å². The van der Waals surface area contributed by atoms with E-state index in [1.54, 1.807) is 13.3 Å².